The molecule has 0 saturated heterocycles. The molecule has 0 unspecified atom stereocenters. The summed E-state index contributed by atoms with van der Waals surface area (Å²) in [5, 5.41) is 12.2. The number of benzene rings is 1. The maximum atomic E-state index is 14.2. The van der Waals surface area contributed by atoms with Gasteiger partial charge in [-0.1, -0.05) is 12.1 Å². The molecular formula is C17H13BrFN7. The highest BCUT2D eigenvalue weighted by atomic mass is 79.9. The van der Waals surface area contributed by atoms with Crippen LogP contribution in [-0.4, -0.2) is 29.5 Å². The summed E-state index contributed by atoms with van der Waals surface area (Å²) in [7, 11) is 0. The highest BCUT2D eigenvalue weighted by molar-refractivity contribution is 9.10. The fourth-order valence-corrected chi connectivity index (χ4v) is 2.91. The lowest BCUT2D eigenvalue weighted by molar-refractivity contribution is 0.583. The van der Waals surface area contributed by atoms with E-state index in [2.05, 4.69) is 48.3 Å². The summed E-state index contributed by atoms with van der Waals surface area (Å²) >= 11 is 3.20. The van der Waals surface area contributed by atoms with Gasteiger partial charge in [0.1, 0.15) is 5.82 Å². The largest absolute Gasteiger partial charge is 0.321 e. The van der Waals surface area contributed by atoms with Gasteiger partial charge in [-0.2, -0.15) is 15.2 Å². The molecule has 4 rings (SSSR count). The highest BCUT2D eigenvalue weighted by Crippen LogP contribution is 2.21. The first-order chi connectivity index (χ1) is 12.6. The molecule has 2 radical (unpaired) electrons. The van der Waals surface area contributed by atoms with Crippen LogP contribution in [-0.2, 0) is 6.54 Å². The van der Waals surface area contributed by atoms with Crippen LogP contribution in [0.2, 0.25) is 0 Å². The molecule has 0 bridgehead atoms. The molecule has 0 aliphatic rings. The second kappa shape index (κ2) is 6.83. The number of rotatable bonds is 5. The first-order valence-corrected chi connectivity index (χ1v) is 8.48. The van der Waals surface area contributed by atoms with Crippen LogP contribution < -0.4 is 5.32 Å². The Morgan fingerprint density at radius 3 is 2.92 bits per heavy atom. The fourth-order valence-electron chi connectivity index (χ4n) is 2.51. The Hall–Kier alpha value is -2.81. The van der Waals surface area contributed by atoms with E-state index in [4.69, 9.17) is 0 Å². The maximum Gasteiger partial charge on any atom is 0.229 e. The van der Waals surface area contributed by atoms with Gasteiger partial charge >= 0.3 is 0 Å². The van der Waals surface area contributed by atoms with E-state index >= 15 is 0 Å². The van der Waals surface area contributed by atoms with Gasteiger partial charge in [-0.05, 0) is 28.9 Å². The van der Waals surface area contributed by atoms with Crippen molar-refractivity contribution < 1.29 is 4.39 Å². The Bertz CT molecular complexity index is 1070. The zero-order chi connectivity index (χ0) is 18.1. The van der Waals surface area contributed by atoms with Gasteiger partial charge in [-0.15, -0.1) is 0 Å². The smallest absolute Gasteiger partial charge is 0.229 e. The van der Waals surface area contributed by atoms with E-state index in [1.807, 2.05) is 0 Å². The maximum absolute atomic E-state index is 14.2. The van der Waals surface area contributed by atoms with Crippen molar-refractivity contribution in [3.63, 3.8) is 0 Å². The van der Waals surface area contributed by atoms with Crippen molar-refractivity contribution in [1.29, 1.82) is 0 Å². The predicted molar refractivity (Wildman–Crippen MR) is 99.1 cm³/mol. The molecule has 0 atom stereocenters. The van der Waals surface area contributed by atoms with Gasteiger partial charge in [-0.25, -0.2) is 14.1 Å². The van der Waals surface area contributed by atoms with Crippen LogP contribution in [0.1, 0.15) is 5.56 Å². The van der Waals surface area contributed by atoms with Crippen LogP contribution in [0.25, 0.3) is 11.0 Å². The summed E-state index contributed by atoms with van der Waals surface area (Å²) in [6.45, 7) is 5.49. The summed E-state index contributed by atoms with van der Waals surface area (Å²) in [6, 6.07) is 5.17. The Morgan fingerprint density at radius 1 is 1.23 bits per heavy atom. The summed E-state index contributed by atoms with van der Waals surface area (Å²) in [4.78, 5) is 8.76. The predicted octanol–water partition coefficient (Wildman–Crippen LogP) is 3.56. The molecule has 0 amide bonds. The third-order valence-electron chi connectivity index (χ3n) is 3.77. The summed E-state index contributed by atoms with van der Waals surface area (Å²) in [5.41, 5.74) is 1.86. The van der Waals surface area contributed by atoms with Crippen molar-refractivity contribution >= 4 is 38.6 Å². The average molecular weight is 414 g/mol. The van der Waals surface area contributed by atoms with E-state index < -0.39 is 0 Å². The van der Waals surface area contributed by atoms with Gasteiger partial charge in [0.25, 0.3) is 0 Å². The molecule has 0 spiro atoms. The SMILES string of the molecule is [CH2][CH]n1cc(Nc2ncc3cnn(Cc4cccc(Br)c4F)c3n2)cn1. The molecular weight excluding hydrogens is 401 g/mol. The summed E-state index contributed by atoms with van der Waals surface area (Å²) < 4.78 is 17.9. The Labute approximate surface area is 157 Å². The quantitative estimate of drug-likeness (QED) is 0.541. The standard InChI is InChI=1S/C17H13BrFN7/c1-2-25-10-13(8-21-25)23-17-20-6-12-7-22-26(16(12)24-17)9-11-4-3-5-14(18)15(11)19/h2-8,10H,1,9H2,(H,20,23,24). The monoisotopic (exact) mass is 413 g/mol. The molecule has 26 heavy (non-hydrogen) atoms. The molecule has 4 aromatic rings. The van der Waals surface area contributed by atoms with Crippen molar-refractivity contribution in [2.45, 2.75) is 6.54 Å². The third kappa shape index (κ3) is 3.17. The van der Waals surface area contributed by atoms with Gasteiger partial charge in [0.15, 0.2) is 5.65 Å². The lowest BCUT2D eigenvalue weighted by Crippen LogP contribution is -2.06. The van der Waals surface area contributed by atoms with Crippen LogP contribution >= 0.6 is 15.9 Å². The minimum Gasteiger partial charge on any atom is -0.321 e. The number of nitrogens with zero attached hydrogens (tertiary/aromatic N) is 6. The zero-order valence-electron chi connectivity index (χ0n) is 13.5. The number of fused-ring (bicyclic) bond motifs is 1. The van der Waals surface area contributed by atoms with Gasteiger partial charge < -0.3 is 5.32 Å². The number of halogens is 2. The molecule has 1 N–H and O–H groups in total. The topological polar surface area (TPSA) is 73.5 Å². The molecule has 3 heterocycles. The van der Waals surface area contributed by atoms with E-state index in [0.29, 0.717) is 21.6 Å². The van der Waals surface area contributed by atoms with E-state index in [1.54, 1.807) is 58.9 Å². The lowest BCUT2D eigenvalue weighted by atomic mass is 10.2. The Morgan fingerprint density at radius 2 is 2.12 bits per heavy atom. The zero-order valence-corrected chi connectivity index (χ0v) is 15.1. The van der Waals surface area contributed by atoms with Gasteiger partial charge in [0.05, 0.1) is 41.0 Å². The minimum atomic E-state index is -0.305. The second-order valence-electron chi connectivity index (χ2n) is 5.50. The summed E-state index contributed by atoms with van der Waals surface area (Å²) in [6.07, 6.45) is 6.73. The highest BCUT2D eigenvalue weighted by Gasteiger charge is 2.11. The van der Waals surface area contributed by atoms with Crippen molar-refractivity contribution in [2.75, 3.05) is 5.32 Å². The molecule has 0 fully saturated rings. The average Bonchev–Trinajstić information content (AvgIpc) is 3.26. The van der Waals surface area contributed by atoms with E-state index in [0.717, 1.165) is 11.1 Å². The van der Waals surface area contributed by atoms with E-state index in [-0.39, 0.29) is 12.4 Å². The van der Waals surface area contributed by atoms with Crippen molar-refractivity contribution in [3.8, 4) is 0 Å². The van der Waals surface area contributed by atoms with Gasteiger partial charge in [0, 0.05) is 18.0 Å². The number of hydrogen-bond donors (Lipinski definition) is 1. The fraction of sp³-hybridized carbons (Fsp3) is 0.0588. The van der Waals surface area contributed by atoms with Crippen LogP contribution in [0, 0.1) is 19.3 Å². The van der Waals surface area contributed by atoms with Crippen molar-refractivity contribution in [3.05, 3.63) is 72.3 Å². The molecule has 3 aromatic heterocycles. The molecule has 0 aliphatic carbocycles. The van der Waals surface area contributed by atoms with E-state index in [9.17, 15) is 4.39 Å². The molecule has 9 heteroatoms. The van der Waals surface area contributed by atoms with E-state index in [1.165, 1.54) is 0 Å². The molecule has 130 valence electrons. The minimum absolute atomic E-state index is 0.264. The second-order valence-corrected chi connectivity index (χ2v) is 6.36. The van der Waals surface area contributed by atoms with Crippen LogP contribution in [0.3, 0.4) is 0 Å². The lowest BCUT2D eigenvalue weighted by Gasteiger charge is -2.07. The third-order valence-corrected chi connectivity index (χ3v) is 4.39. The van der Waals surface area contributed by atoms with Crippen LogP contribution in [0.4, 0.5) is 16.0 Å². The first-order valence-electron chi connectivity index (χ1n) is 7.69. The van der Waals surface area contributed by atoms with Crippen molar-refractivity contribution in [1.82, 2.24) is 29.5 Å². The van der Waals surface area contributed by atoms with Gasteiger partial charge in [-0.3, -0.25) is 4.68 Å². The summed E-state index contributed by atoms with van der Waals surface area (Å²) in [5.74, 6) is 0.0953. The Balaban J connectivity index is 1.65. The van der Waals surface area contributed by atoms with Crippen molar-refractivity contribution in [2.24, 2.45) is 0 Å². The number of aromatic nitrogens is 6. The number of anilines is 2. The normalized spacial score (nSPS) is 11.2. The number of nitrogens with one attached hydrogen (secondary N) is 1. The Kier molecular flexibility index (Phi) is 4.37. The van der Waals surface area contributed by atoms with Crippen LogP contribution in [0.15, 0.2) is 47.5 Å². The number of hydrogen-bond acceptors (Lipinski definition) is 5. The molecule has 0 aliphatic heterocycles. The van der Waals surface area contributed by atoms with Crippen LogP contribution in [0.5, 0.6) is 0 Å². The molecule has 1 aromatic carbocycles. The molecule has 0 saturated carbocycles. The van der Waals surface area contributed by atoms with Gasteiger partial charge in [0.2, 0.25) is 5.95 Å². The first kappa shape index (κ1) is 16.6. The molecule has 7 nitrogen and oxygen atoms in total.